The molecule has 0 bridgehead atoms. The molecule has 70 valence electrons. The zero-order valence-corrected chi connectivity index (χ0v) is 7.54. The van der Waals surface area contributed by atoms with Gasteiger partial charge in [0.25, 0.3) is 0 Å². The molecule has 0 radical (unpaired) electrons. The Kier molecular flexibility index (Phi) is 4.33. The Hall–Kier alpha value is -1.06. The average molecular weight is 172 g/mol. The second-order valence-electron chi connectivity index (χ2n) is 3.40. The predicted molar refractivity (Wildman–Crippen MR) is 46.0 cm³/mol. The van der Waals surface area contributed by atoms with E-state index in [9.17, 15) is 9.59 Å². The molecule has 0 aliphatic rings. The molecule has 0 spiro atoms. The van der Waals surface area contributed by atoms with E-state index in [4.69, 9.17) is 11.5 Å². The standard InChI is InChI=1S/C8H16N2O2/c1-5(2)3-6(8(10)12)4-7(9)11/h5-6H,3-4H2,1-2H3,(H2,9,11)(H2,10,12)/t6-/m1/s1. The van der Waals surface area contributed by atoms with E-state index in [1.807, 2.05) is 13.8 Å². The number of carbonyl (C=O) groups excluding carboxylic acids is 2. The minimum Gasteiger partial charge on any atom is -0.370 e. The SMILES string of the molecule is CC(C)C[C@H](CC(N)=O)C(N)=O. The van der Waals surface area contributed by atoms with Gasteiger partial charge in [0.15, 0.2) is 0 Å². The fourth-order valence-electron chi connectivity index (χ4n) is 1.11. The molecule has 0 heterocycles. The van der Waals surface area contributed by atoms with Crippen molar-refractivity contribution in [2.75, 3.05) is 0 Å². The average Bonchev–Trinajstić information content (AvgIpc) is 1.83. The molecule has 4 N–H and O–H groups in total. The fraction of sp³-hybridized carbons (Fsp3) is 0.750. The van der Waals surface area contributed by atoms with Gasteiger partial charge in [-0.25, -0.2) is 0 Å². The van der Waals surface area contributed by atoms with Gasteiger partial charge in [-0.2, -0.15) is 0 Å². The molecule has 4 nitrogen and oxygen atoms in total. The first-order chi connectivity index (χ1) is 5.43. The van der Waals surface area contributed by atoms with E-state index in [1.165, 1.54) is 0 Å². The highest BCUT2D eigenvalue weighted by atomic mass is 16.2. The van der Waals surface area contributed by atoms with E-state index < -0.39 is 17.7 Å². The molecule has 0 aromatic carbocycles. The Morgan fingerprint density at radius 3 is 2.00 bits per heavy atom. The van der Waals surface area contributed by atoms with Gasteiger partial charge in [0.2, 0.25) is 11.8 Å². The zero-order valence-electron chi connectivity index (χ0n) is 7.54. The molecule has 0 fully saturated rings. The number of primary amides is 2. The van der Waals surface area contributed by atoms with Gasteiger partial charge in [-0.1, -0.05) is 13.8 Å². The number of carbonyl (C=O) groups is 2. The van der Waals surface area contributed by atoms with Crippen molar-refractivity contribution in [3.8, 4) is 0 Å². The van der Waals surface area contributed by atoms with Crippen LogP contribution in [-0.2, 0) is 9.59 Å². The molecule has 0 saturated heterocycles. The molecule has 0 aliphatic carbocycles. The third-order valence-electron chi connectivity index (χ3n) is 1.61. The van der Waals surface area contributed by atoms with Crippen molar-refractivity contribution >= 4 is 11.8 Å². The Morgan fingerprint density at radius 2 is 1.75 bits per heavy atom. The summed E-state index contributed by atoms with van der Waals surface area (Å²) in [5.74, 6) is -0.966. The summed E-state index contributed by atoms with van der Waals surface area (Å²) in [6.07, 6.45) is 0.686. The maximum absolute atomic E-state index is 10.8. The summed E-state index contributed by atoms with van der Waals surface area (Å²) >= 11 is 0. The van der Waals surface area contributed by atoms with Crippen LogP contribution in [-0.4, -0.2) is 11.8 Å². The molecule has 4 heteroatoms. The third kappa shape index (κ3) is 4.71. The first-order valence-corrected chi connectivity index (χ1v) is 4.01. The van der Waals surface area contributed by atoms with Crippen LogP contribution in [0.5, 0.6) is 0 Å². The molecule has 0 aromatic rings. The molecule has 0 aliphatic heterocycles. The van der Waals surface area contributed by atoms with Gasteiger partial charge in [0.05, 0.1) is 0 Å². The van der Waals surface area contributed by atoms with Crippen LogP contribution in [0.15, 0.2) is 0 Å². The zero-order chi connectivity index (χ0) is 9.72. The van der Waals surface area contributed by atoms with E-state index in [2.05, 4.69) is 0 Å². The third-order valence-corrected chi connectivity index (χ3v) is 1.61. The van der Waals surface area contributed by atoms with Gasteiger partial charge in [0, 0.05) is 12.3 Å². The van der Waals surface area contributed by atoms with Crippen LogP contribution < -0.4 is 11.5 Å². The van der Waals surface area contributed by atoms with Crippen molar-refractivity contribution in [3.63, 3.8) is 0 Å². The minimum atomic E-state index is -0.473. The largest absolute Gasteiger partial charge is 0.370 e. The van der Waals surface area contributed by atoms with Gasteiger partial charge >= 0.3 is 0 Å². The van der Waals surface area contributed by atoms with Gasteiger partial charge < -0.3 is 11.5 Å². The van der Waals surface area contributed by atoms with Crippen molar-refractivity contribution in [3.05, 3.63) is 0 Å². The first kappa shape index (κ1) is 10.9. The van der Waals surface area contributed by atoms with Crippen molar-refractivity contribution in [2.45, 2.75) is 26.7 Å². The number of nitrogens with two attached hydrogens (primary N) is 2. The molecule has 0 unspecified atom stereocenters. The Morgan fingerprint density at radius 1 is 1.25 bits per heavy atom. The molecule has 2 amide bonds. The van der Waals surface area contributed by atoms with E-state index in [-0.39, 0.29) is 6.42 Å². The molecular weight excluding hydrogens is 156 g/mol. The maximum atomic E-state index is 10.8. The lowest BCUT2D eigenvalue weighted by Gasteiger charge is -2.12. The maximum Gasteiger partial charge on any atom is 0.221 e. The van der Waals surface area contributed by atoms with Crippen LogP contribution in [0.4, 0.5) is 0 Å². The van der Waals surface area contributed by atoms with Crippen LogP contribution in [0.3, 0.4) is 0 Å². The Labute approximate surface area is 72.3 Å². The van der Waals surface area contributed by atoms with Crippen molar-refractivity contribution in [1.82, 2.24) is 0 Å². The Balaban J connectivity index is 4.04. The number of hydrogen-bond acceptors (Lipinski definition) is 2. The van der Waals surface area contributed by atoms with Gasteiger partial charge in [0.1, 0.15) is 0 Å². The lowest BCUT2D eigenvalue weighted by atomic mass is 9.93. The fourth-order valence-corrected chi connectivity index (χ4v) is 1.11. The molecule has 0 aromatic heterocycles. The summed E-state index contributed by atoms with van der Waals surface area (Å²) in [7, 11) is 0. The van der Waals surface area contributed by atoms with E-state index >= 15 is 0 Å². The highest BCUT2D eigenvalue weighted by Gasteiger charge is 2.18. The summed E-state index contributed by atoms with van der Waals surface area (Å²) in [6, 6.07) is 0. The van der Waals surface area contributed by atoms with E-state index in [0.717, 1.165) is 0 Å². The highest BCUT2D eigenvalue weighted by molar-refractivity contribution is 5.83. The molecular formula is C8H16N2O2. The highest BCUT2D eigenvalue weighted by Crippen LogP contribution is 2.14. The second-order valence-corrected chi connectivity index (χ2v) is 3.40. The molecule has 0 rings (SSSR count). The molecule has 12 heavy (non-hydrogen) atoms. The summed E-state index contributed by atoms with van der Waals surface area (Å²) in [4.78, 5) is 21.3. The number of rotatable bonds is 5. The summed E-state index contributed by atoms with van der Waals surface area (Å²) in [5, 5.41) is 0. The van der Waals surface area contributed by atoms with Crippen molar-refractivity contribution < 1.29 is 9.59 Å². The van der Waals surface area contributed by atoms with Gasteiger partial charge in [-0.15, -0.1) is 0 Å². The summed E-state index contributed by atoms with van der Waals surface area (Å²) < 4.78 is 0. The smallest absolute Gasteiger partial charge is 0.221 e. The molecule has 1 atom stereocenters. The van der Waals surface area contributed by atoms with Crippen LogP contribution in [0.25, 0.3) is 0 Å². The van der Waals surface area contributed by atoms with E-state index in [1.54, 1.807) is 0 Å². The second kappa shape index (κ2) is 4.74. The van der Waals surface area contributed by atoms with Crippen molar-refractivity contribution in [1.29, 1.82) is 0 Å². The number of amides is 2. The lowest BCUT2D eigenvalue weighted by molar-refractivity contribution is -0.127. The Bertz CT molecular complexity index is 178. The summed E-state index contributed by atoms with van der Waals surface area (Å²) in [6.45, 7) is 3.94. The van der Waals surface area contributed by atoms with E-state index in [0.29, 0.717) is 12.3 Å². The van der Waals surface area contributed by atoms with Gasteiger partial charge in [-0.3, -0.25) is 9.59 Å². The number of hydrogen-bond donors (Lipinski definition) is 2. The molecule has 0 saturated carbocycles. The minimum absolute atomic E-state index is 0.0630. The monoisotopic (exact) mass is 172 g/mol. The van der Waals surface area contributed by atoms with Crippen LogP contribution in [0.1, 0.15) is 26.7 Å². The topological polar surface area (TPSA) is 86.2 Å². The first-order valence-electron chi connectivity index (χ1n) is 4.01. The van der Waals surface area contributed by atoms with Crippen LogP contribution in [0.2, 0.25) is 0 Å². The quantitative estimate of drug-likeness (QED) is 0.612. The lowest BCUT2D eigenvalue weighted by Crippen LogP contribution is -2.29. The van der Waals surface area contributed by atoms with Crippen molar-refractivity contribution in [2.24, 2.45) is 23.3 Å². The summed E-state index contributed by atoms with van der Waals surface area (Å²) in [5.41, 5.74) is 10.0. The normalized spacial score (nSPS) is 12.9. The van der Waals surface area contributed by atoms with Crippen LogP contribution in [0, 0.1) is 11.8 Å². The van der Waals surface area contributed by atoms with Crippen LogP contribution >= 0.6 is 0 Å². The predicted octanol–water partition coefficient (Wildman–Crippen LogP) is 0.00940. The van der Waals surface area contributed by atoms with Gasteiger partial charge in [-0.05, 0) is 12.3 Å².